The van der Waals surface area contributed by atoms with Gasteiger partial charge in [-0.25, -0.2) is 9.84 Å². The van der Waals surface area contributed by atoms with Gasteiger partial charge in [-0.2, -0.15) is 5.26 Å². The van der Waals surface area contributed by atoms with Crippen LogP contribution < -0.4 is 10.6 Å². The highest BCUT2D eigenvalue weighted by atomic mass is 16.2. The van der Waals surface area contributed by atoms with Crippen LogP contribution >= 0.6 is 0 Å². The fourth-order valence-corrected chi connectivity index (χ4v) is 5.34. The highest BCUT2D eigenvalue weighted by Crippen LogP contribution is 2.45. The van der Waals surface area contributed by atoms with Crippen LogP contribution in [0.15, 0.2) is 138 Å². The predicted molar refractivity (Wildman–Crippen MR) is 180 cm³/mol. The van der Waals surface area contributed by atoms with Crippen molar-refractivity contribution in [1.29, 1.82) is 5.26 Å². The molecule has 0 aliphatic carbocycles. The van der Waals surface area contributed by atoms with E-state index < -0.39 is 5.91 Å². The van der Waals surface area contributed by atoms with Crippen LogP contribution in [0.25, 0.3) is 27.6 Å². The molecule has 0 spiro atoms. The molecule has 2 amide bonds. The van der Waals surface area contributed by atoms with E-state index in [0.29, 0.717) is 39.5 Å². The molecule has 0 atom stereocenters. The van der Waals surface area contributed by atoms with Gasteiger partial charge in [0, 0.05) is 35.0 Å². The number of nitrogens with zero attached hydrogens (tertiary/aromatic N) is 4. The van der Waals surface area contributed by atoms with Crippen LogP contribution in [0.4, 0.5) is 11.5 Å². The molecule has 1 aliphatic heterocycles. The zero-order chi connectivity index (χ0) is 32.0. The van der Waals surface area contributed by atoms with Gasteiger partial charge in [0.2, 0.25) is 5.69 Å². The number of carbonyl (C=O) groups excluding carboxylic acids is 2. The first-order chi connectivity index (χ1) is 22.5. The predicted octanol–water partition coefficient (Wildman–Crippen LogP) is 7.66. The van der Waals surface area contributed by atoms with Crippen molar-refractivity contribution in [2.45, 2.75) is 0 Å². The first kappa shape index (κ1) is 29.3. The van der Waals surface area contributed by atoms with E-state index in [1.54, 1.807) is 66.2 Å². The first-order valence-electron chi connectivity index (χ1n) is 14.4. The molecular formula is C38H26N6O2. The van der Waals surface area contributed by atoms with Crippen molar-refractivity contribution in [2.24, 2.45) is 12.0 Å². The second kappa shape index (κ2) is 12.8. The van der Waals surface area contributed by atoms with Gasteiger partial charge < -0.3 is 15.2 Å². The van der Waals surface area contributed by atoms with Crippen molar-refractivity contribution in [3.8, 4) is 17.2 Å². The van der Waals surface area contributed by atoms with Gasteiger partial charge in [-0.3, -0.25) is 9.59 Å². The van der Waals surface area contributed by atoms with Crippen LogP contribution in [-0.4, -0.2) is 22.2 Å². The number of aromatic nitrogens is 1. The molecule has 0 saturated heterocycles. The lowest BCUT2D eigenvalue weighted by atomic mass is 9.97. The number of carbonyl (C=O) groups is 2. The average Bonchev–Trinajstić information content (AvgIpc) is 3.58. The Morgan fingerprint density at radius 2 is 1.28 bits per heavy atom. The van der Waals surface area contributed by atoms with Gasteiger partial charge in [0.1, 0.15) is 17.5 Å². The Balaban J connectivity index is 1.55. The molecule has 4 aromatic carbocycles. The van der Waals surface area contributed by atoms with E-state index in [4.69, 9.17) is 11.6 Å². The topological polar surface area (TPSA) is 104 Å². The van der Waals surface area contributed by atoms with Crippen LogP contribution in [0.5, 0.6) is 0 Å². The number of nitriles is 1. The van der Waals surface area contributed by atoms with Crippen LogP contribution in [0.2, 0.25) is 0 Å². The number of allylic oxidation sites excluding steroid dienone is 1. The summed E-state index contributed by atoms with van der Waals surface area (Å²) in [5.41, 5.74) is 4.97. The third-order valence-corrected chi connectivity index (χ3v) is 7.55. The van der Waals surface area contributed by atoms with Crippen molar-refractivity contribution in [1.82, 2.24) is 9.88 Å². The number of amidine groups is 1. The minimum atomic E-state index is -0.397. The largest absolute Gasteiger partial charge is 0.340 e. The van der Waals surface area contributed by atoms with Gasteiger partial charge in [0.25, 0.3) is 11.8 Å². The Labute approximate surface area is 266 Å². The molecule has 0 saturated carbocycles. The molecule has 8 nitrogen and oxygen atoms in total. The number of aliphatic imine (C=N–C) groups is 1. The van der Waals surface area contributed by atoms with Gasteiger partial charge in [-0.15, -0.1) is 0 Å². The lowest BCUT2D eigenvalue weighted by molar-refractivity contribution is 0.0975. The Bertz CT molecular complexity index is 2130. The van der Waals surface area contributed by atoms with E-state index in [1.165, 1.54) is 0 Å². The molecular weight excluding hydrogens is 572 g/mol. The van der Waals surface area contributed by atoms with Gasteiger partial charge in [-0.1, -0.05) is 97.1 Å². The summed E-state index contributed by atoms with van der Waals surface area (Å²) in [6.07, 6.45) is 1.79. The molecule has 0 fully saturated rings. The maximum atomic E-state index is 13.3. The summed E-state index contributed by atoms with van der Waals surface area (Å²) in [5.74, 6) is -0.308. The Kier molecular flexibility index (Phi) is 8.18. The number of amides is 2. The van der Waals surface area contributed by atoms with Gasteiger partial charge >= 0.3 is 0 Å². The molecule has 220 valence electrons. The highest BCUT2D eigenvalue weighted by molar-refractivity contribution is 6.22. The summed E-state index contributed by atoms with van der Waals surface area (Å²) in [5, 5.41) is 16.1. The summed E-state index contributed by atoms with van der Waals surface area (Å²) >= 11 is 0. The zero-order valence-electron chi connectivity index (χ0n) is 24.7. The minimum absolute atomic E-state index is 0.125. The number of rotatable bonds is 6. The summed E-state index contributed by atoms with van der Waals surface area (Å²) < 4.78 is 1.74. The third kappa shape index (κ3) is 5.62. The lowest BCUT2D eigenvalue weighted by Crippen LogP contribution is -2.30. The number of hydrogen-bond acceptors (Lipinski definition) is 4. The van der Waals surface area contributed by atoms with Crippen LogP contribution in [0, 0.1) is 17.9 Å². The van der Waals surface area contributed by atoms with E-state index in [-0.39, 0.29) is 23.0 Å². The monoisotopic (exact) mass is 598 g/mol. The maximum Gasteiger partial charge on any atom is 0.256 e. The molecule has 8 heteroatoms. The van der Waals surface area contributed by atoms with Crippen molar-refractivity contribution in [3.63, 3.8) is 0 Å². The van der Waals surface area contributed by atoms with Gasteiger partial charge in [0.15, 0.2) is 5.84 Å². The molecule has 5 aromatic rings. The molecule has 2 heterocycles. The van der Waals surface area contributed by atoms with Crippen LogP contribution in [0.1, 0.15) is 32.0 Å². The number of benzene rings is 4. The highest BCUT2D eigenvalue weighted by Gasteiger charge is 2.29. The molecule has 0 bridgehead atoms. The summed E-state index contributed by atoms with van der Waals surface area (Å²) in [4.78, 5) is 35.1. The molecule has 0 unspecified atom stereocenters. The van der Waals surface area contributed by atoms with E-state index in [0.717, 1.165) is 11.1 Å². The normalized spacial score (nSPS) is 13.1. The van der Waals surface area contributed by atoms with Crippen molar-refractivity contribution >= 4 is 40.8 Å². The fourth-order valence-electron chi connectivity index (χ4n) is 5.34. The van der Waals surface area contributed by atoms with Crippen LogP contribution in [-0.2, 0) is 7.05 Å². The molecule has 1 aliphatic rings. The van der Waals surface area contributed by atoms with Crippen LogP contribution in [0.3, 0.4) is 0 Å². The van der Waals surface area contributed by atoms with Crippen molar-refractivity contribution < 1.29 is 9.59 Å². The molecule has 2 N–H and O–H groups in total. The van der Waals surface area contributed by atoms with E-state index in [9.17, 15) is 14.9 Å². The standard InChI is InChI=1S/C38H26N6O2/c1-40-34-33(26-17-9-4-10-18-26)31(44(2)36(34)43-38(46)28-21-13-6-14-22-28)23-30-32(25-15-7-3-8-16-25)29(24-39)35(41-30)42-37(45)27-19-11-5-12-20-27/h3-23H,2H3,(H,43,46)(H,41,42,45)/b30-23-. The third-order valence-electron chi connectivity index (χ3n) is 7.55. The first-order valence-corrected chi connectivity index (χ1v) is 14.4. The summed E-state index contributed by atoms with van der Waals surface area (Å²) in [7, 11) is 1.77. The van der Waals surface area contributed by atoms with E-state index >= 15 is 0 Å². The Morgan fingerprint density at radius 3 is 1.80 bits per heavy atom. The average molecular weight is 599 g/mol. The van der Waals surface area contributed by atoms with E-state index in [1.807, 2.05) is 72.8 Å². The smallest absolute Gasteiger partial charge is 0.256 e. The SMILES string of the molecule is [C-]#[N+]c1c(-c2ccccc2)c(/C=C2\N=C(NC(=O)c3ccccc3)C(C#N)=C2c2ccccc2)n(C)c1NC(=O)c1ccccc1. The Hall–Kier alpha value is -6.77. The molecule has 6 rings (SSSR count). The zero-order valence-corrected chi connectivity index (χ0v) is 24.7. The molecule has 46 heavy (non-hydrogen) atoms. The lowest BCUT2D eigenvalue weighted by Gasteiger charge is -2.10. The molecule has 0 radical (unpaired) electrons. The summed E-state index contributed by atoms with van der Waals surface area (Å²) in [6, 6.07) is 38.5. The van der Waals surface area contributed by atoms with Crippen molar-refractivity contribution in [2.75, 3.05) is 5.32 Å². The second-order valence-corrected chi connectivity index (χ2v) is 10.4. The summed E-state index contributed by atoms with van der Waals surface area (Å²) in [6.45, 7) is 8.16. The molecule has 1 aromatic heterocycles. The second-order valence-electron chi connectivity index (χ2n) is 10.4. The van der Waals surface area contributed by atoms with Crippen molar-refractivity contribution in [3.05, 3.63) is 166 Å². The Morgan fingerprint density at radius 1 is 0.783 bits per heavy atom. The number of anilines is 1. The fraction of sp³-hybridized carbons (Fsp3) is 0.0263. The number of hydrogen-bond donors (Lipinski definition) is 2. The van der Waals surface area contributed by atoms with E-state index in [2.05, 4.69) is 21.5 Å². The maximum absolute atomic E-state index is 13.3. The minimum Gasteiger partial charge on any atom is -0.340 e. The quantitative estimate of drug-likeness (QED) is 0.196. The number of nitrogens with one attached hydrogen (secondary N) is 2. The van der Waals surface area contributed by atoms with Gasteiger partial charge in [-0.05, 0) is 41.5 Å². The van der Waals surface area contributed by atoms with Gasteiger partial charge in [0.05, 0.1) is 12.3 Å².